The van der Waals surface area contributed by atoms with Crippen molar-refractivity contribution in [3.8, 4) is 0 Å². The summed E-state index contributed by atoms with van der Waals surface area (Å²) in [5.74, 6) is 0. The van der Waals surface area contributed by atoms with Crippen molar-refractivity contribution >= 4 is 21.6 Å². The predicted molar refractivity (Wildman–Crippen MR) is 55.8 cm³/mol. The summed E-state index contributed by atoms with van der Waals surface area (Å²) in [5, 5.41) is 1.43. The van der Waals surface area contributed by atoms with Crippen molar-refractivity contribution in [1.29, 1.82) is 0 Å². The Morgan fingerprint density at radius 3 is 1.36 bits per heavy atom. The average Bonchev–Trinajstić information content (AvgIpc) is 2.29. The summed E-state index contributed by atoms with van der Waals surface area (Å²) in [6.45, 7) is 0. The molecule has 0 N–H and O–H groups in total. The van der Waals surface area contributed by atoms with Crippen molar-refractivity contribution in [3.63, 3.8) is 0 Å². The van der Waals surface area contributed by atoms with Crippen LogP contribution >= 0.6 is 21.6 Å². The van der Waals surface area contributed by atoms with Gasteiger partial charge in [-0.3, -0.25) is 0 Å². The van der Waals surface area contributed by atoms with E-state index in [1.807, 2.05) is 0 Å². The van der Waals surface area contributed by atoms with Crippen molar-refractivity contribution in [1.82, 2.24) is 19.9 Å². The topological polar surface area (TPSA) is 51.6 Å². The van der Waals surface area contributed by atoms with E-state index in [1.165, 1.54) is 21.6 Å². The van der Waals surface area contributed by atoms with Crippen LogP contribution in [0.15, 0.2) is 47.2 Å². The molecule has 6 heteroatoms. The molecule has 0 radical (unpaired) electrons. The molecule has 0 aliphatic heterocycles. The standard InChI is InChI=1S/C8H6N4S2/c1-3-9-7(10-4-1)13-14-8-11-5-2-6-12-8/h1-6H. The second-order valence-corrected chi connectivity index (χ2v) is 4.29. The Bertz CT molecular complexity index is 342. The normalized spacial score (nSPS) is 10.0. The first-order valence-corrected chi connectivity index (χ1v) is 5.99. The minimum absolute atomic E-state index is 0.713. The van der Waals surface area contributed by atoms with Crippen molar-refractivity contribution in [3.05, 3.63) is 36.9 Å². The Labute approximate surface area is 89.0 Å². The number of nitrogens with zero attached hydrogens (tertiary/aromatic N) is 4. The van der Waals surface area contributed by atoms with Gasteiger partial charge in [0.25, 0.3) is 0 Å². The molecule has 0 fully saturated rings. The van der Waals surface area contributed by atoms with Gasteiger partial charge in [0.2, 0.25) is 0 Å². The molecule has 2 aromatic heterocycles. The molecule has 70 valence electrons. The van der Waals surface area contributed by atoms with Crippen LogP contribution in [0.5, 0.6) is 0 Å². The van der Waals surface area contributed by atoms with Crippen LogP contribution in [0.3, 0.4) is 0 Å². The van der Waals surface area contributed by atoms with Gasteiger partial charge >= 0.3 is 0 Å². The lowest BCUT2D eigenvalue weighted by molar-refractivity contribution is 0.966. The molecule has 0 aromatic carbocycles. The summed E-state index contributed by atoms with van der Waals surface area (Å²) < 4.78 is 0. The molecule has 0 aliphatic carbocycles. The van der Waals surface area contributed by atoms with Gasteiger partial charge in [-0.1, -0.05) is 0 Å². The summed E-state index contributed by atoms with van der Waals surface area (Å²) in [4.78, 5) is 16.3. The zero-order valence-corrected chi connectivity index (χ0v) is 8.70. The lowest BCUT2D eigenvalue weighted by Gasteiger charge is -1.96. The fraction of sp³-hybridized carbons (Fsp3) is 0. The van der Waals surface area contributed by atoms with Crippen LogP contribution in [0.25, 0.3) is 0 Å². The van der Waals surface area contributed by atoms with Gasteiger partial charge in [0, 0.05) is 24.8 Å². The largest absolute Gasteiger partial charge is 0.230 e. The molecule has 0 amide bonds. The van der Waals surface area contributed by atoms with Gasteiger partial charge in [-0.15, -0.1) is 0 Å². The zero-order chi connectivity index (χ0) is 9.64. The van der Waals surface area contributed by atoms with Crippen molar-refractivity contribution in [2.24, 2.45) is 0 Å². The molecule has 0 spiro atoms. The molecular weight excluding hydrogens is 216 g/mol. The second kappa shape index (κ2) is 4.92. The summed E-state index contributed by atoms with van der Waals surface area (Å²) in [7, 11) is 2.89. The van der Waals surface area contributed by atoms with Crippen LogP contribution in [-0.2, 0) is 0 Å². The molecule has 14 heavy (non-hydrogen) atoms. The fourth-order valence-corrected chi connectivity index (χ4v) is 2.26. The molecule has 0 atom stereocenters. The molecule has 0 bridgehead atoms. The fourth-order valence-electron chi connectivity index (χ4n) is 0.731. The highest BCUT2D eigenvalue weighted by atomic mass is 33.1. The third kappa shape index (κ3) is 2.68. The van der Waals surface area contributed by atoms with Gasteiger partial charge in [-0.25, -0.2) is 19.9 Å². The van der Waals surface area contributed by atoms with Crippen LogP contribution in [-0.4, -0.2) is 19.9 Å². The molecule has 0 saturated heterocycles. The molecule has 0 saturated carbocycles. The maximum atomic E-state index is 4.07. The highest BCUT2D eigenvalue weighted by Gasteiger charge is 1.99. The van der Waals surface area contributed by atoms with E-state index in [9.17, 15) is 0 Å². The SMILES string of the molecule is c1cnc(SSc2ncccn2)nc1. The van der Waals surface area contributed by atoms with E-state index in [2.05, 4.69) is 19.9 Å². The first-order chi connectivity index (χ1) is 6.95. The molecule has 2 aromatic rings. The highest BCUT2D eigenvalue weighted by Crippen LogP contribution is 2.31. The number of hydrogen-bond acceptors (Lipinski definition) is 6. The van der Waals surface area contributed by atoms with E-state index < -0.39 is 0 Å². The molecule has 2 rings (SSSR count). The summed E-state index contributed by atoms with van der Waals surface area (Å²) in [6, 6.07) is 3.57. The first kappa shape index (κ1) is 9.42. The maximum absolute atomic E-state index is 4.07. The third-order valence-corrected chi connectivity index (χ3v) is 3.22. The van der Waals surface area contributed by atoms with Crippen molar-refractivity contribution in [2.75, 3.05) is 0 Å². The molecule has 2 heterocycles. The zero-order valence-electron chi connectivity index (χ0n) is 7.07. The Kier molecular flexibility index (Phi) is 3.31. The molecule has 4 nitrogen and oxygen atoms in total. The van der Waals surface area contributed by atoms with Crippen LogP contribution in [0, 0.1) is 0 Å². The molecule has 0 unspecified atom stereocenters. The number of rotatable bonds is 3. The Hall–Kier alpha value is -1.14. The van der Waals surface area contributed by atoms with Gasteiger partial charge in [0.15, 0.2) is 10.3 Å². The lowest BCUT2D eigenvalue weighted by Crippen LogP contribution is -1.83. The molecule has 0 aliphatic rings. The van der Waals surface area contributed by atoms with Crippen LogP contribution in [0.2, 0.25) is 0 Å². The Morgan fingerprint density at radius 1 is 0.643 bits per heavy atom. The average molecular weight is 222 g/mol. The van der Waals surface area contributed by atoms with Gasteiger partial charge in [-0.05, 0) is 33.7 Å². The van der Waals surface area contributed by atoms with Crippen molar-refractivity contribution < 1.29 is 0 Å². The van der Waals surface area contributed by atoms with E-state index in [0.29, 0.717) is 10.3 Å². The Balaban J connectivity index is 1.96. The van der Waals surface area contributed by atoms with E-state index >= 15 is 0 Å². The number of aromatic nitrogens is 4. The highest BCUT2D eigenvalue weighted by molar-refractivity contribution is 8.76. The maximum Gasteiger partial charge on any atom is 0.198 e. The smallest absolute Gasteiger partial charge is 0.198 e. The summed E-state index contributed by atoms with van der Waals surface area (Å²) in [5.41, 5.74) is 0. The van der Waals surface area contributed by atoms with Crippen LogP contribution in [0.4, 0.5) is 0 Å². The van der Waals surface area contributed by atoms with E-state index in [0.717, 1.165) is 0 Å². The van der Waals surface area contributed by atoms with E-state index in [4.69, 9.17) is 0 Å². The number of hydrogen-bond donors (Lipinski definition) is 0. The van der Waals surface area contributed by atoms with Gasteiger partial charge in [0.05, 0.1) is 0 Å². The van der Waals surface area contributed by atoms with Crippen molar-refractivity contribution in [2.45, 2.75) is 10.3 Å². The quantitative estimate of drug-likeness (QED) is 0.585. The first-order valence-electron chi connectivity index (χ1n) is 3.84. The summed E-state index contributed by atoms with van der Waals surface area (Å²) >= 11 is 0. The van der Waals surface area contributed by atoms with E-state index in [1.54, 1.807) is 36.9 Å². The molecular formula is C8H6N4S2. The predicted octanol–water partition coefficient (Wildman–Crippen LogP) is 2.07. The lowest BCUT2D eigenvalue weighted by atomic mass is 10.7. The van der Waals surface area contributed by atoms with E-state index in [-0.39, 0.29) is 0 Å². The third-order valence-electron chi connectivity index (χ3n) is 1.27. The van der Waals surface area contributed by atoms with Crippen LogP contribution < -0.4 is 0 Å². The van der Waals surface area contributed by atoms with Crippen LogP contribution in [0.1, 0.15) is 0 Å². The minimum atomic E-state index is 0.713. The monoisotopic (exact) mass is 222 g/mol. The van der Waals surface area contributed by atoms with Gasteiger partial charge in [-0.2, -0.15) is 0 Å². The second-order valence-electron chi connectivity index (χ2n) is 2.23. The van der Waals surface area contributed by atoms with Gasteiger partial charge in [0.1, 0.15) is 0 Å². The Morgan fingerprint density at radius 2 is 1.00 bits per heavy atom. The summed E-state index contributed by atoms with van der Waals surface area (Å²) in [6.07, 6.45) is 6.84. The van der Waals surface area contributed by atoms with Gasteiger partial charge < -0.3 is 0 Å². The minimum Gasteiger partial charge on any atom is -0.230 e.